The van der Waals surface area contributed by atoms with E-state index in [2.05, 4.69) is 12.1 Å². The molecule has 2 aliphatic heterocycles. The number of benzene rings is 4. The number of nitriles is 1. The molecule has 236 valence electrons. The van der Waals surface area contributed by atoms with Crippen LogP contribution < -0.4 is 18.9 Å². The van der Waals surface area contributed by atoms with Crippen LogP contribution in [0.1, 0.15) is 34.2 Å². The Morgan fingerprint density at radius 3 is 2.57 bits per heavy atom. The van der Waals surface area contributed by atoms with Crippen molar-refractivity contribution in [2.45, 2.75) is 45.2 Å². The van der Waals surface area contributed by atoms with E-state index >= 15 is 0 Å². The predicted octanol–water partition coefficient (Wildman–Crippen LogP) is 6.14. The second-order valence-corrected chi connectivity index (χ2v) is 11.8. The van der Waals surface area contributed by atoms with Crippen LogP contribution in [0.25, 0.3) is 11.1 Å². The van der Waals surface area contributed by atoms with Crippen LogP contribution >= 0.6 is 11.6 Å². The fraction of sp³-hybridized carbons (Fsp3) is 0.278. The van der Waals surface area contributed by atoms with E-state index in [-0.39, 0.29) is 32.7 Å². The van der Waals surface area contributed by atoms with Gasteiger partial charge in [0, 0.05) is 31.1 Å². The maximum absolute atomic E-state index is 11.9. The van der Waals surface area contributed by atoms with Crippen molar-refractivity contribution in [3.8, 4) is 40.2 Å². The summed E-state index contributed by atoms with van der Waals surface area (Å²) in [5, 5.41) is 29.6. The van der Waals surface area contributed by atoms with E-state index in [1.54, 1.807) is 35.2 Å². The first-order valence-electron chi connectivity index (χ1n) is 15.0. The Hall–Kier alpha value is -4.75. The molecular formula is C36H33ClN2O7. The predicted molar refractivity (Wildman–Crippen MR) is 171 cm³/mol. The molecule has 0 saturated carbocycles. The quantitative estimate of drug-likeness (QED) is 0.211. The Morgan fingerprint density at radius 2 is 1.76 bits per heavy atom. The fourth-order valence-corrected chi connectivity index (χ4v) is 6.13. The fourth-order valence-electron chi connectivity index (χ4n) is 5.88. The number of hydrogen-bond acceptors (Lipinski definition) is 8. The molecular weight excluding hydrogens is 608 g/mol. The SMILES string of the molecule is Cc1c(COc2cc(OCc3cccc(C#N)c3)c(CN3C[C@H](O)C[C@H]3C(=O)O)cc2Cl)cccc1-c1ccc2c(c1)OCCO2. The second-order valence-electron chi connectivity index (χ2n) is 11.4. The third-order valence-corrected chi connectivity index (χ3v) is 8.58. The highest BCUT2D eigenvalue weighted by atomic mass is 35.5. The van der Waals surface area contributed by atoms with Gasteiger partial charge in [0.25, 0.3) is 0 Å². The Balaban J connectivity index is 1.25. The number of carbonyl (C=O) groups is 1. The number of carboxylic acid groups (broad SMARTS) is 1. The van der Waals surface area contributed by atoms with Crippen LogP contribution in [-0.2, 0) is 24.6 Å². The molecule has 2 heterocycles. The summed E-state index contributed by atoms with van der Waals surface area (Å²) in [6.45, 7) is 3.93. The van der Waals surface area contributed by atoms with Crippen molar-refractivity contribution in [2.24, 2.45) is 0 Å². The van der Waals surface area contributed by atoms with E-state index in [9.17, 15) is 20.3 Å². The van der Waals surface area contributed by atoms with Crippen molar-refractivity contribution in [1.29, 1.82) is 5.26 Å². The molecule has 0 bridgehead atoms. The van der Waals surface area contributed by atoms with Gasteiger partial charge in [-0.25, -0.2) is 0 Å². The number of hydrogen-bond donors (Lipinski definition) is 2. The van der Waals surface area contributed by atoms with Crippen LogP contribution in [0.5, 0.6) is 23.0 Å². The van der Waals surface area contributed by atoms with E-state index in [0.29, 0.717) is 40.9 Å². The third-order valence-electron chi connectivity index (χ3n) is 8.29. The Labute approximate surface area is 272 Å². The minimum absolute atomic E-state index is 0.145. The number of likely N-dealkylation sites (tertiary alicyclic amines) is 1. The number of β-amino-alcohol motifs (C(OH)–C–C–N with tert-alkyl or cyclic N) is 1. The second kappa shape index (κ2) is 13.7. The number of halogens is 1. The number of nitrogens with zero attached hydrogens (tertiary/aromatic N) is 2. The van der Waals surface area contributed by atoms with Gasteiger partial charge in [0.1, 0.15) is 44.0 Å². The van der Waals surface area contributed by atoms with E-state index < -0.39 is 18.1 Å². The summed E-state index contributed by atoms with van der Waals surface area (Å²) < 4.78 is 24.0. The molecule has 9 nitrogen and oxygen atoms in total. The molecule has 2 N–H and O–H groups in total. The Kier molecular flexibility index (Phi) is 9.31. The van der Waals surface area contributed by atoms with Crippen molar-refractivity contribution in [1.82, 2.24) is 4.90 Å². The van der Waals surface area contributed by atoms with Gasteiger partial charge in [0.15, 0.2) is 11.5 Å². The maximum atomic E-state index is 11.9. The molecule has 10 heteroatoms. The van der Waals surface area contributed by atoms with Crippen molar-refractivity contribution in [3.05, 3.63) is 106 Å². The number of carboxylic acids is 1. The average Bonchev–Trinajstić information content (AvgIpc) is 3.44. The zero-order valence-electron chi connectivity index (χ0n) is 25.2. The van der Waals surface area contributed by atoms with Crippen molar-refractivity contribution in [2.75, 3.05) is 19.8 Å². The van der Waals surface area contributed by atoms with Gasteiger partial charge >= 0.3 is 5.97 Å². The molecule has 6 rings (SSSR count). The van der Waals surface area contributed by atoms with E-state index in [1.807, 2.05) is 43.3 Å². The standard InChI is InChI=1S/C36H33ClN2O7/c1-22-26(6-3-7-29(22)25-8-9-32-35(14-25)44-11-10-43-32)21-46-34-16-33(45-20-24-5-2-4-23(12-24)17-38)27(13-30(34)37)18-39-19-28(40)15-31(39)36(41)42/h2-9,12-14,16,28,31,40H,10-11,15,18-21H2,1H3,(H,41,42)/t28-,31+/m1/s1. The lowest BCUT2D eigenvalue weighted by Gasteiger charge is -2.23. The number of aliphatic carboxylic acids is 1. The van der Waals surface area contributed by atoms with Gasteiger partial charge in [0.05, 0.1) is 22.8 Å². The molecule has 2 atom stereocenters. The number of rotatable bonds is 10. The number of ether oxygens (including phenoxy) is 4. The summed E-state index contributed by atoms with van der Waals surface area (Å²) in [7, 11) is 0. The van der Waals surface area contributed by atoms with Crippen LogP contribution in [0.4, 0.5) is 0 Å². The molecule has 4 aromatic rings. The molecule has 0 spiro atoms. The molecule has 4 aromatic carbocycles. The van der Waals surface area contributed by atoms with Gasteiger partial charge in [-0.1, -0.05) is 48.0 Å². The largest absolute Gasteiger partial charge is 0.488 e. The smallest absolute Gasteiger partial charge is 0.321 e. The Bertz CT molecular complexity index is 1800. The first-order valence-corrected chi connectivity index (χ1v) is 15.4. The molecule has 0 amide bonds. The third kappa shape index (κ3) is 6.90. The lowest BCUT2D eigenvalue weighted by atomic mass is 9.96. The van der Waals surface area contributed by atoms with Gasteiger partial charge in [-0.05, 0) is 65.1 Å². The topological polar surface area (TPSA) is 121 Å². The summed E-state index contributed by atoms with van der Waals surface area (Å²) in [6, 6.07) is 23.8. The first-order chi connectivity index (χ1) is 22.3. The highest BCUT2D eigenvalue weighted by molar-refractivity contribution is 6.32. The van der Waals surface area contributed by atoms with Crippen molar-refractivity contribution in [3.63, 3.8) is 0 Å². The Morgan fingerprint density at radius 1 is 0.978 bits per heavy atom. The van der Waals surface area contributed by atoms with Crippen LogP contribution in [-0.4, -0.2) is 53.0 Å². The van der Waals surface area contributed by atoms with Crippen LogP contribution in [0.2, 0.25) is 5.02 Å². The number of aliphatic hydroxyl groups excluding tert-OH is 1. The van der Waals surface area contributed by atoms with Gasteiger partial charge < -0.3 is 29.2 Å². The zero-order valence-corrected chi connectivity index (χ0v) is 26.0. The highest BCUT2D eigenvalue weighted by Gasteiger charge is 2.36. The lowest BCUT2D eigenvalue weighted by Crippen LogP contribution is -2.35. The molecule has 0 aromatic heterocycles. The summed E-state index contributed by atoms with van der Waals surface area (Å²) >= 11 is 6.75. The lowest BCUT2D eigenvalue weighted by molar-refractivity contribution is -0.142. The minimum atomic E-state index is -0.993. The van der Waals surface area contributed by atoms with Crippen LogP contribution in [0.3, 0.4) is 0 Å². The van der Waals surface area contributed by atoms with Crippen molar-refractivity contribution < 1.29 is 34.0 Å². The van der Waals surface area contributed by atoms with Gasteiger partial charge in [-0.15, -0.1) is 0 Å². The normalized spacial score (nSPS) is 17.3. The zero-order chi connectivity index (χ0) is 32.2. The molecule has 0 aliphatic carbocycles. The van der Waals surface area contributed by atoms with Gasteiger partial charge in [-0.3, -0.25) is 9.69 Å². The molecule has 1 fully saturated rings. The van der Waals surface area contributed by atoms with Crippen LogP contribution in [0, 0.1) is 18.3 Å². The summed E-state index contributed by atoms with van der Waals surface area (Å²) in [5.41, 5.74) is 6.05. The first kappa shape index (κ1) is 31.2. The monoisotopic (exact) mass is 640 g/mol. The summed E-state index contributed by atoms with van der Waals surface area (Å²) in [4.78, 5) is 13.6. The summed E-state index contributed by atoms with van der Waals surface area (Å²) in [5.74, 6) is 1.34. The summed E-state index contributed by atoms with van der Waals surface area (Å²) in [6.07, 6.45) is -0.593. The number of aliphatic hydroxyl groups is 1. The van der Waals surface area contributed by atoms with Crippen molar-refractivity contribution >= 4 is 17.6 Å². The molecule has 2 aliphatic rings. The molecule has 0 radical (unpaired) electrons. The highest BCUT2D eigenvalue weighted by Crippen LogP contribution is 2.38. The average molecular weight is 641 g/mol. The molecule has 46 heavy (non-hydrogen) atoms. The van der Waals surface area contributed by atoms with Gasteiger partial charge in [0.2, 0.25) is 0 Å². The van der Waals surface area contributed by atoms with Crippen LogP contribution in [0.15, 0.2) is 72.8 Å². The molecule has 0 unspecified atom stereocenters. The maximum Gasteiger partial charge on any atom is 0.321 e. The van der Waals surface area contributed by atoms with Gasteiger partial charge in [-0.2, -0.15) is 5.26 Å². The van der Waals surface area contributed by atoms with E-state index in [4.69, 9.17) is 30.5 Å². The minimum Gasteiger partial charge on any atom is -0.488 e. The number of fused-ring (bicyclic) bond motifs is 1. The molecule has 1 saturated heterocycles. The van der Waals surface area contributed by atoms with E-state index in [1.165, 1.54) is 0 Å². The van der Waals surface area contributed by atoms with E-state index in [0.717, 1.165) is 39.3 Å².